The Morgan fingerprint density at radius 2 is 1.76 bits per heavy atom. The third kappa shape index (κ3) is 5.31. The first-order valence-electron chi connectivity index (χ1n) is 7.39. The molecule has 0 spiro atoms. The number of anilines is 1. The summed E-state index contributed by atoms with van der Waals surface area (Å²) in [5.74, 6) is -2.03. The van der Waals surface area contributed by atoms with Gasteiger partial charge in [0.25, 0.3) is 5.69 Å². The van der Waals surface area contributed by atoms with E-state index in [1.807, 2.05) is 6.07 Å². The number of hydrogen-bond donors (Lipinski definition) is 2. The van der Waals surface area contributed by atoms with Crippen molar-refractivity contribution in [1.82, 2.24) is 0 Å². The monoisotopic (exact) mass is 344 g/mol. The van der Waals surface area contributed by atoms with Crippen LogP contribution >= 0.6 is 0 Å². The van der Waals surface area contributed by atoms with E-state index in [1.165, 1.54) is 24.3 Å². The molecule has 0 aliphatic rings. The lowest BCUT2D eigenvalue weighted by atomic mass is 10.1. The van der Waals surface area contributed by atoms with Gasteiger partial charge < -0.3 is 15.2 Å². The Morgan fingerprint density at radius 1 is 1.12 bits per heavy atom. The van der Waals surface area contributed by atoms with Gasteiger partial charge in [-0.3, -0.25) is 14.9 Å². The molecule has 0 aliphatic carbocycles. The van der Waals surface area contributed by atoms with Crippen LogP contribution in [0.15, 0.2) is 54.6 Å². The normalized spacial score (nSPS) is 11.4. The van der Waals surface area contributed by atoms with E-state index >= 15 is 0 Å². The number of carbonyl (C=O) groups excluding carboxylic acids is 1. The highest BCUT2D eigenvalue weighted by Gasteiger charge is 2.25. The maximum absolute atomic E-state index is 11.9. The van der Waals surface area contributed by atoms with Crippen LogP contribution in [0.2, 0.25) is 0 Å². The van der Waals surface area contributed by atoms with Gasteiger partial charge in [0.15, 0.2) is 0 Å². The minimum absolute atomic E-state index is 0.0239. The first-order chi connectivity index (χ1) is 12.0. The number of carboxylic acid groups (broad SMARTS) is 1. The number of carbonyl (C=O) groups is 2. The Bertz CT molecular complexity index is 763. The van der Waals surface area contributed by atoms with Gasteiger partial charge in [-0.15, -0.1) is 0 Å². The fourth-order valence-electron chi connectivity index (χ4n) is 2.11. The summed E-state index contributed by atoms with van der Waals surface area (Å²) in [6, 6.07) is 13.2. The van der Waals surface area contributed by atoms with Crippen molar-refractivity contribution in [1.29, 1.82) is 0 Å². The molecule has 1 atom stereocenters. The maximum Gasteiger partial charge on any atom is 0.326 e. The number of para-hydroxylation sites is 2. The molecular formula is C17H16N2O6. The molecular weight excluding hydrogens is 328 g/mol. The van der Waals surface area contributed by atoms with Crippen LogP contribution < -0.4 is 5.32 Å². The van der Waals surface area contributed by atoms with Crippen LogP contribution in [-0.2, 0) is 20.9 Å². The molecule has 0 aromatic heterocycles. The van der Waals surface area contributed by atoms with Gasteiger partial charge in [0, 0.05) is 6.07 Å². The van der Waals surface area contributed by atoms with Crippen LogP contribution in [-0.4, -0.2) is 28.0 Å². The van der Waals surface area contributed by atoms with E-state index in [2.05, 4.69) is 5.32 Å². The predicted molar refractivity (Wildman–Crippen MR) is 89.0 cm³/mol. The number of benzene rings is 2. The molecule has 2 aromatic rings. The molecule has 8 heteroatoms. The quantitative estimate of drug-likeness (QED) is 0.429. The van der Waals surface area contributed by atoms with E-state index < -0.39 is 29.3 Å². The Morgan fingerprint density at radius 3 is 2.40 bits per heavy atom. The summed E-state index contributed by atoms with van der Waals surface area (Å²) in [4.78, 5) is 33.6. The van der Waals surface area contributed by atoms with Gasteiger partial charge in [-0.1, -0.05) is 42.5 Å². The lowest BCUT2D eigenvalue weighted by Crippen LogP contribution is -2.32. The van der Waals surface area contributed by atoms with Crippen molar-refractivity contribution in [2.75, 3.05) is 5.32 Å². The highest BCUT2D eigenvalue weighted by molar-refractivity contribution is 5.85. The molecule has 0 radical (unpaired) electrons. The zero-order chi connectivity index (χ0) is 18.2. The topological polar surface area (TPSA) is 119 Å². The molecule has 0 amide bonds. The van der Waals surface area contributed by atoms with Crippen LogP contribution in [0, 0.1) is 10.1 Å². The fourth-order valence-corrected chi connectivity index (χ4v) is 2.11. The number of hydrogen-bond acceptors (Lipinski definition) is 6. The minimum Gasteiger partial charge on any atom is -0.480 e. The summed E-state index contributed by atoms with van der Waals surface area (Å²) in [7, 11) is 0. The van der Waals surface area contributed by atoms with Crippen LogP contribution in [0.4, 0.5) is 11.4 Å². The Kier molecular flexibility index (Phi) is 6.05. The molecule has 2 N–H and O–H groups in total. The summed E-state index contributed by atoms with van der Waals surface area (Å²) in [6.07, 6.45) is -0.464. The molecule has 25 heavy (non-hydrogen) atoms. The zero-order valence-electron chi connectivity index (χ0n) is 13.1. The first-order valence-corrected chi connectivity index (χ1v) is 7.39. The Balaban J connectivity index is 2.00. The fraction of sp³-hybridized carbons (Fsp3) is 0.176. The molecule has 2 rings (SSSR count). The number of nitro benzene ring substituents is 1. The van der Waals surface area contributed by atoms with Crippen molar-refractivity contribution >= 4 is 23.3 Å². The second-order valence-electron chi connectivity index (χ2n) is 5.16. The van der Waals surface area contributed by atoms with Crippen molar-refractivity contribution in [2.24, 2.45) is 0 Å². The minimum atomic E-state index is -1.34. The number of rotatable bonds is 8. The second-order valence-corrected chi connectivity index (χ2v) is 5.16. The number of nitrogens with zero attached hydrogens (tertiary/aromatic N) is 1. The van der Waals surface area contributed by atoms with Crippen LogP contribution in [0.1, 0.15) is 12.0 Å². The SMILES string of the molecule is O=C(CC(Nc1ccccc1[N+](=O)[O-])C(=O)O)OCc1ccccc1. The number of esters is 1. The average molecular weight is 344 g/mol. The Labute approximate surface area is 143 Å². The Hall–Kier alpha value is -3.42. The third-order valence-electron chi connectivity index (χ3n) is 3.34. The van der Waals surface area contributed by atoms with Gasteiger partial charge in [0.2, 0.25) is 0 Å². The highest BCUT2D eigenvalue weighted by atomic mass is 16.6. The highest BCUT2D eigenvalue weighted by Crippen LogP contribution is 2.24. The van der Waals surface area contributed by atoms with Crippen molar-refractivity contribution in [3.63, 3.8) is 0 Å². The van der Waals surface area contributed by atoms with Gasteiger partial charge in [0.1, 0.15) is 18.3 Å². The average Bonchev–Trinajstić information content (AvgIpc) is 2.60. The molecule has 2 aromatic carbocycles. The summed E-state index contributed by atoms with van der Waals surface area (Å²) < 4.78 is 5.05. The molecule has 130 valence electrons. The van der Waals surface area contributed by atoms with E-state index in [1.54, 1.807) is 24.3 Å². The number of nitro groups is 1. The summed E-state index contributed by atoms with van der Waals surface area (Å²) >= 11 is 0. The van der Waals surface area contributed by atoms with Crippen molar-refractivity contribution < 1.29 is 24.4 Å². The zero-order valence-corrected chi connectivity index (χ0v) is 13.1. The first kappa shape index (κ1) is 17.9. The summed E-state index contributed by atoms with van der Waals surface area (Å²) in [6.45, 7) is 0.0253. The number of aliphatic carboxylic acids is 1. The smallest absolute Gasteiger partial charge is 0.326 e. The summed E-state index contributed by atoms with van der Waals surface area (Å²) in [5.41, 5.74) is 0.525. The van der Waals surface area contributed by atoms with E-state index in [4.69, 9.17) is 4.74 Å². The van der Waals surface area contributed by atoms with Crippen LogP contribution in [0.25, 0.3) is 0 Å². The largest absolute Gasteiger partial charge is 0.480 e. The van der Waals surface area contributed by atoms with Gasteiger partial charge in [0.05, 0.1) is 11.3 Å². The maximum atomic E-state index is 11.9. The lowest BCUT2D eigenvalue weighted by Gasteiger charge is -2.15. The molecule has 0 saturated carbocycles. The van der Waals surface area contributed by atoms with E-state index in [0.29, 0.717) is 0 Å². The van der Waals surface area contributed by atoms with Crippen LogP contribution in [0.5, 0.6) is 0 Å². The molecule has 1 unspecified atom stereocenters. The standard InChI is InChI=1S/C17H16N2O6/c20-16(25-11-12-6-2-1-3-7-12)10-14(17(21)22)18-13-8-4-5-9-15(13)19(23)24/h1-9,14,18H,10-11H2,(H,21,22). The molecule has 0 fully saturated rings. The van der Waals surface area contributed by atoms with Crippen molar-refractivity contribution in [2.45, 2.75) is 19.1 Å². The van der Waals surface area contributed by atoms with Gasteiger partial charge in [-0.2, -0.15) is 0 Å². The van der Waals surface area contributed by atoms with E-state index in [-0.39, 0.29) is 18.0 Å². The van der Waals surface area contributed by atoms with Crippen molar-refractivity contribution in [3.8, 4) is 0 Å². The molecule has 0 saturated heterocycles. The van der Waals surface area contributed by atoms with Gasteiger partial charge >= 0.3 is 11.9 Å². The second kappa shape index (κ2) is 8.44. The predicted octanol–water partition coefficient (Wildman–Crippen LogP) is 2.59. The molecule has 0 heterocycles. The third-order valence-corrected chi connectivity index (χ3v) is 3.34. The molecule has 0 aliphatic heterocycles. The molecule has 8 nitrogen and oxygen atoms in total. The van der Waals surface area contributed by atoms with Crippen molar-refractivity contribution in [3.05, 3.63) is 70.3 Å². The number of nitrogens with one attached hydrogen (secondary N) is 1. The lowest BCUT2D eigenvalue weighted by molar-refractivity contribution is -0.384. The summed E-state index contributed by atoms with van der Waals surface area (Å²) in [5, 5.41) is 22.8. The van der Waals surface area contributed by atoms with Gasteiger partial charge in [-0.05, 0) is 11.6 Å². The number of ether oxygens (including phenoxy) is 1. The molecule has 0 bridgehead atoms. The van der Waals surface area contributed by atoms with E-state index in [0.717, 1.165) is 5.56 Å². The van der Waals surface area contributed by atoms with E-state index in [9.17, 15) is 24.8 Å². The number of carboxylic acids is 1. The van der Waals surface area contributed by atoms with Crippen LogP contribution in [0.3, 0.4) is 0 Å². The van der Waals surface area contributed by atoms with Gasteiger partial charge in [-0.25, -0.2) is 4.79 Å².